The van der Waals surface area contributed by atoms with Gasteiger partial charge in [-0.1, -0.05) is 18.2 Å². The molecule has 10 heteroatoms. The molecule has 0 atom stereocenters. The minimum absolute atomic E-state index is 0.0781. The van der Waals surface area contributed by atoms with Crippen LogP contribution in [0.15, 0.2) is 48.8 Å². The number of urea groups is 1. The molecule has 200 valence electrons. The molecule has 2 aliphatic heterocycles. The van der Waals surface area contributed by atoms with Crippen molar-refractivity contribution >= 4 is 22.7 Å². The number of fused-ring (bicyclic) bond motifs is 2. The van der Waals surface area contributed by atoms with Crippen LogP contribution < -0.4 is 10.6 Å². The van der Waals surface area contributed by atoms with Gasteiger partial charge in [0.15, 0.2) is 0 Å². The third kappa shape index (κ3) is 4.61. The molecule has 0 radical (unpaired) electrons. The summed E-state index contributed by atoms with van der Waals surface area (Å²) in [7, 11) is 3.25. The van der Waals surface area contributed by atoms with Gasteiger partial charge in [-0.25, -0.2) is 4.79 Å². The van der Waals surface area contributed by atoms with Crippen molar-refractivity contribution < 1.29 is 14.3 Å². The lowest BCUT2D eigenvalue weighted by Crippen LogP contribution is -2.41. The van der Waals surface area contributed by atoms with E-state index in [1.165, 1.54) is 5.69 Å². The Morgan fingerprint density at radius 2 is 1.87 bits per heavy atom. The van der Waals surface area contributed by atoms with Crippen molar-refractivity contribution in [1.29, 1.82) is 0 Å². The summed E-state index contributed by atoms with van der Waals surface area (Å²) in [6.45, 7) is 2.64. The van der Waals surface area contributed by atoms with Gasteiger partial charge in [0.05, 0.1) is 24.0 Å². The van der Waals surface area contributed by atoms with Crippen molar-refractivity contribution in [3.8, 4) is 22.5 Å². The van der Waals surface area contributed by atoms with Crippen LogP contribution >= 0.6 is 0 Å². The second-order valence-electron chi connectivity index (χ2n) is 9.90. The third-order valence-electron chi connectivity index (χ3n) is 7.66. The molecule has 1 saturated heterocycles. The maximum absolute atomic E-state index is 12.5. The van der Waals surface area contributed by atoms with Gasteiger partial charge in [-0.15, -0.1) is 0 Å². The molecule has 3 amide bonds. The number of pyridine rings is 2. The summed E-state index contributed by atoms with van der Waals surface area (Å²) >= 11 is 0. The SMILES string of the molecule is CNC(=O)c1ccc(-c2cc3cccc(-c4nn(C5CCOCC5)c5c4CN(C(=O)NC)CC5)c3cn2)cn1. The fourth-order valence-electron chi connectivity index (χ4n) is 5.57. The van der Waals surface area contributed by atoms with Crippen LogP contribution in [0, 0.1) is 0 Å². The number of aromatic nitrogens is 4. The van der Waals surface area contributed by atoms with E-state index >= 15 is 0 Å². The van der Waals surface area contributed by atoms with E-state index in [0.29, 0.717) is 18.8 Å². The molecule has 0 spiro atoms. The molecule has 0 unspecified atom stereocenters. The number of hydrogen-bond acceptors (Lipinski definition) is 6. The van der Waals surface area contributed by atoms with Gasteiger partial charge in [0.25, 0.3) is 5.91 Å². The molecule has 1 aromatic carbocycles. The fraction of sp³-hybridized carbons (Fsp3) is 0.345. The number of benzene rings is 1. The van der Waals surface area contributed by atoms with E-state index in [-0.39, 0.29) is 18.0 Å². The van der Waals surface area contributed by atoms with Crippen LogP contribution in [0.25, 0.3) is 33.3 Å². The van der Waals surface area contributed by atoms with Crippen molar-refractivity contribution in [3.05, 3.63) is 65.7 Å². The zero-order valence-electron chi connectivity index (χ0n) is 22.1. The molecule has 0 bridgehead atoms. The number of nitrogens with one attached hydrogen (secondary N) is 2. The largest absolute Gasteiger partial charge is 0.381 e. The van der Waals surface area contributed by atoms with Gasteiger partial charge in [-0.05, 0) is 36.4 Å². The van der Waals surface area contributed by atoms with Crippen LogP contribution in [0.1, 0.15) is 40.6 Å². The monoisotopic (exact) mass is 525 g/mol. The van der Waals surface area contributed by atoms with Crippen LogP contribution in [0.2, 0.25) is 0 Å². The van der Waals surface area contributed by atoms with Crippen LogP contribution in [0.5, 0.6) is 0 Å². The fourth-order valence-corrected chi connectivity index (χ4v) is 5.57. The Hall–Kier alpha value is -4.31. The van der Waals surface area contributed by atoms with E-state index < -0.39 is 0 Å². The number of ether oxygens (including phenoxy) is 1. The molecule has 1 fully saturated rings. The standard InChI is InChI=1S/C29H31N7O3/c1-30-28(37)24-7-6-19(15-32-24)25-14-18-4-3-5-21(22(18)16-33-25)27-23-17-35(29(38)31-2)11-8-26(23)36(34-27)20-9-12-39-13-10-20/h3-7,14-16,20H,8-13,17H2,1-2H3,(H,30,37)(H,31,38). The normalized spacial score (nSPS) is 15.7. The maximum atomic E-state index is 12.5. The molecule has 0 aliphatic carbocycles. The maximum Gasteiger partial charge on any atom is 0.317 e. The second kappa shape index (κ2) is 10.5. The molecule has 4 aromatic rings. The molecule has 5 heterocycles. The Balaban J connectivity index is 1.42. The molecule has 10 nitrogen and oxygen atoms in total. The summed E-state index contributed by atoms with van der Waals surface area (Å²) in [5.41, 5.74) is 6.18. The topological polar surface area (TPSA) is 114 Å². The van der Waals surface area contributed by atoms with Crippen molar-refractivity contribution in [3.63, 3.8) is 0 Å². The highest BCUT2D eigenvalue weighted by molar-refractivity contribution is 5.98. The Labute approximate surface area is 226 Å². The van der Waals surface area contributed by atoms with Gasteiger partial charge in [0, 0.05) is 80.4 Å². The summed E-state index contributed by atoms with van der Waals surface area (Å²) in [6, 6.07) is 12.0. The molecule has 39 heavy (non-hydrogen) atoms. The van der Waals surface area contributed by atoms with E-state index in [9.17, 15) is 9.59 Å². The van der Waals surface area contributed by atoms with Crippen molar-refractivity contribution in [2.45, 2.75) is 31.8 Å². The molecule has 0 saturated carbocycles. The number of nitrogens with zero attached hydrogens (tertiary/aromatic N) is 5. The Morgan fingerprint density at radius 1 is 1.03 bits per heavy atom. The minimum Gasteiger partial charge on any atom is -0.381 e. The van der Waals surface area contributed by atoms with E-state index in [2.05, 4.69) is 32.4 Å². The van der Waals surface area contributed by atoms with Crippen LogP contribution in [-0.2, 0) is 17.7 Å². The quantitative estimate of drug-likeness (QED) is 0.421. The van der Waals surface area contributed by atoms with Gasteiger partial charge in [-0.2, -0.15) is 5.10 Å². The lowest BCUT2D eigenvalue weighted by molar-refractivity contribution is 0.0651. The number of amides is 3. The summed E-state index contributed by atoms with van der Waals surface area (Å²) in [5.74, 6) is -0.226. The first-order chi connectivity index (χ1) is 19.1. The van der Waals surface area contributed by atoms with Gasteiger partial charge < -0.3 is 20.3 Å². The molecule has 2 N–H and O–H groups in total. The lowest BCUT2D eigenvalue weighted by atomic mass is 9.96. The Kier molecular flexibility index (Phi) is 6.70. The van der Waals surface area contributed by atoms with Crippen molar-refractivity contribution in [2.24, 2.45) is 0 Å². The second-order valence-corrected chi connectivity index (χ2v) is 9.90. The van der Waals surface area contributed by atoms with Crippen molar-refractivity contribution in [2.75, 3.05) is 33.9 Å². The van der Waals surface area contributed by atoms with Gasteiger partial charge in [-0.3, -0.25) is 19.4 Å². The number of rotatable bonds is 4. The summed E-state index contributed by atoms with van der Waals surface area (Å²) in [5, 5.41) is 12.6. The first-order valence-electron chi connectivity index (χ1n) is 13.3. The van der Waals surface area contributed by atoms with Crippen molar-refractivity contribution in [1.82, 2.24) is 35.3 Å². The summed E-state index contributed by atoms with van der Waals surface area (Å²) in [4.78, 5) is 35.3. The predicted molar refractivity (Wildman–Crippen MR) is 147 cm³/mol. The number of carbonyl (C=O) groups excluding carboxylic acids is 2. The van der Waals surface area contributed by atoms with E-state index in [1.54, 1.807) is 26.4 Å². The summed E-state index contributed by atoms with van der Waals surface area (Å²) < 4.78 is 7.82. The predicted octanol–water partition coefficient (Wildman–Crippen LogP) is 3.57. The van der Waals surface area contributed by atoms with Crippen LogP contribution in [-0.4, -0.2) is 70.4 Å². The average molecular weight is 526 g/mol. The molecular formula is C29H31N7O3. The highest BCUT2D eigenvalue weighted by atomic mass is 16.5. The number of hydrogen-bond donors (Lipinski definition) is 2. The third-order valence-corrected chi connectivity index (χ3v) is 7.66. The van der Waals surface area contributed by atoms with E-state index in [4.69, 9.17) is 14.8 Å². The number of carbonyl (C=O) groups is 2. The summed E-state index contributed by atoms with van der Waals surface area (Å²) in [6.07, 6.45) is 6.17. The molecular weight excluding hydrogens is 494 g/mol. The van der Waals surface area contributed by atoms with Crippen LogP contribution in [0.4, 0.5) is 4.79 Å². The van der Waals surface area contributed by atoms with Gasteiger partial charge in [0.2, 0.25) is 0 Å². The lowest BCUT2D eigenvalue weighted by Gasteiger charge is -2.29. The highest BCUT2D eigenvalue weighted by Crippen LogP contribution is 2.37. The molecule has 2 aliphatic rings. The van der Waals surface area contributed by atoms with Crippen LogP contribution in [0.3, 0.4) is 0 Å². The van der Waals surface area contributed by atoms with Gasteiger partial charge in [0.1, 0.15) is 5.69 Å². The Bertz CT molecular complexity index is 1540. The van der Waals surface area contributed by atoms with E-state index in [1.807, 2.05) is 29.3 Å². The van der Waals surface area contributed by atoms with E-state index in [0.717, 1.165) is 71.3 Å². The average Bonchev–Trinajstić information content (AvgIpc) is 3.39. The zero-order valence-corrected chi connectivity index (χ0v) is 22.1. The molecule has 6 rings (SSSR count). The molecule has 3 aromatic heterocycles. The Morgan fingerprint density at radius 3 is 2.62 bits per heavy atom. The van der Waals surface area contributed by atoms with Gasteiger partial charge >= 0.3 is 6.03 Å². The zero-order chi connectivity index (χ0) is 26.9. The highest BCUT2D eigenvalue weighted by Gasteiger charge is 2.31. The smallest absolute Gasteiger partial charge is 0.317 e. The minimum atomic E-state index is -0.226. The first kappa shape index (κ1) is 25.0. The first-order valence-corrected chi connectivity index (χ1v) is 13.3.